The number of benzene rings is 1. The number of carbonyl (C=O) groups excluding carboxylic acids is 3. The number of carboxylic acid groups (broad SMARTS) is 1. The monoisotopic (exact) mass is 553 g/mol. The van der Waals surface area contributed by atoms with Crippen molar-refractivity contribution in [2.75, 3.05) is 0 Å². The van der Waals surface area contributed by atoms with E-state index >= 15 is 0 Å². The summed E-state index contributed by atoms with van der Waals surface area (Å²) in [6.07, 6.45) is 3.84. The Labute approximate surface area is 225 Å². The van der Waals surface area contributed by atoms with Crippen LogP contribution >= 0.6 is 0 Å². The second-order valence-electron chi connectivity index (χ2n) is 10.7. The molecule has 0 spiro atoms. The van der Waals surface area contributed by atoms with Gasteiger partial charge in [0.05, 0.1) is 22.7 Å². The first-order valence-corrected chi connectivity index (χ1v) is 12.7. The second kappa shape index (κ2) is 8.80. The molecule has 0 bridgehead atoms. The molecule has 3 N–H and O–H groups in total. The molecule has 2 aromatic heterocycles. The summed E-state index contributed by atoms with van der Waals surface area (Å²) >= 11 is 0. The number of ether oxygens (including phenoxy) is 1. The van der Waals surface area contributed by atoms with E-state index in [1.807, 2.05) is 0 Å². The van der Waals surface area contributed by atoms with Gasteiger partial charge in [-0.2, -0.15) is 13.9 Å². The largest absolute Gasteiger partial charge is 0.480 e. The van der Waals surface area contributed by atoms with E-state index in [4.69, 9.17) is 5.73 Å². The molecular weight excluding hydrogens is 528 g/mol. The molecule has 11 nitrogen and oxygen atoms in total. The van der Waals surface area contributed by atoms with E-state index in [1.165, 1.54) is 41.0 Å². The average molecular weight is 554 g/mol. The molecular formula is C27H25F2N5O6. The number of rotatable bonds is 9. The number of nitrogens with zero attached hydrogens (tertiary/aromatic N) is 4. The molecule has 3 fully saturated rings. The zero-order valence-corrected chi connectivity index (χ0v) is 21.3. The lowest BCUT2D eigenvalue weighted by Gasteiger charge is -2.37. The summed E-state index contributed by atoms with van der Waals surface area (Å²) in [5.41, 5.74) is 4.91. The smallest absolute Gasteiger partial charge is 0.387 e. The number of ketones is 1. The highest BCUT2D eigenvalue weighted by Gasteiger charge is 2.85. The third-order valence-corrected chi connectivity index (χ3v) is 8.73. The standard InChI is InChI=1S/C27H25F2N5O6/c1-13(35)22-17-6-7-31-11-20(17)33(32-22)12-21(36)34-19(23(37)38)8-15-9-27(15,34)26(24(30)39)10-18(26)14-2-4-16(5-3-14)40-25(28)29/h2-7,11,15,18-19,25H,8-10,12H2,1H3,(H2,30,39)(H,37,38)/t15-,18?,19-,26?,27-/m0/s1. The van der Waals surface area contributed by atoms with Crippen LogP contribution in [-0.4, -0.2) is 66.5 Å². The highest BCUT2D eigenvalue weighted by molar-refractivity contribution is 6.05. The number of pyridine rings is 1. The number of hydrogen-bond acceptors (Lipinski definition) is 7. The second-order valence-corrected chi connectivity index (χ2v) is 10.7. The average Bonchev–Trinajstić information content (AvgIpc) is 3.76. The fourth-order valence-corrected chi connectivity index (χ4v) is 7.03. The molecule has 2 unspecified atom stereocenters. The van der Waals surface area contributed by atoms with E-state index in [2.05, 4.69) is 14.8 Å². The minimum Gasteiger partial charge on any atom is -0.480 e. The maximum Gasteiger partial charge on any atom is 0.387 e. The van der Waals surface area contributed by atoms with Crippen molar-refractivity contribution >= 4 is 34.5 Å². The number of piperidine rings is 1. The Kier molecular flexibility index (Phi) is 5.68. The molecule has 2 amide bonds. The fraction of sp³-hybridized carbons (Fsp3) is 0.407. The summed E-state index contributed by atoms with van der Waals surface area (Å²) in [5, 5.41) is 14.9. The SMILES string of the molecule is CC(=O)c1nn(CC(=O)N2[C@H](C(=O)O)C[C@H]3C[C@@]32C2(C(N)=O)CC2c2ccc(OC(F)F)cc2)c2cnccc12. The minimum atomic E-state index is -2.98. The lowest BCUT2D eigenvalue weighted by atomic mass is 9.85. The number of aliphatic carboxylic acids is 1. The summed E-state index contributed by atoms with van der Waals surface area (Å²) in [5.74, 6) is -3.43. The van der Waals surface area contributed by atoms with Crippen LogP contribution in [0.1, 0.15) is 48.2 Å². The van der Waals surface area contributed by atoms with Gasteiger partial charge >= 0.3 is 12.6 Å². The molecule has 1 aromatic carbocycles. The van der Waals surface area contributed by atoms with E-state index in [0.717, 1.165) is 0 Å². The zero-order valence-electron chi connectivity index (χ0n) is 21.3. The van der Waals surface area contributed by atoms with Gasteiger partial charge in [0.15, 0.2) is 5.78 Å². The number of aromatic nitrogens is 3. The Morgan fingerprint density at radius 3 is 2.52 bits per heavy atom. The first kappa shape index (κ1) is 25.8. The van der Waals surface area contributed by atoms with Crippen LogP contribution in [0.3, 0.4) is 0 Å². The Bertz CT molecular complexity index is 1580. The van der Waals surface area contributed by atoms with Crippen LogP contribution in [-0.2, 0) is 20.9 Å². The van der Waals surface area contributed by atoms with Crippen molar-refractivity contribution in [3.63, 3.8) is 0 Å². The molecule has 3 aliphatic rings. The molecule has 3 aromatic rings. The zero-order chi connectivity index (χ0) is 28.6. The number of Topliss-reactive ketones (excluding diaryl/α,β-unsaturated/α-hetero) is 1. The Hall–Kier alpha value is -4.42. The number of carboxylic acids is 1. The number of nitrogens with two attached hydrogens (primary N) is 1. The molecule has 3 heterocycles. The first-order valence-electron chi connectivity index (χ1n) is 12.7. The lowest BCUT2D eigenvalue weighted by Crippen LogP contribution is -2.56. The lowest BCUT2D eigenvalue weighted by molar-refractivity contribution is -0.154. The Balaban J connectivity index is 1.36. The fourth-order valence-electron chi connectivity index (χ4n) is 7.03. The highest BCUT2D eigenvalue weighted by atomic mass is 19.3. The number of amides is 2. The minimum absolute atomic E-state index is 0.0407. The van der Waals surface area contributed by atoms with Crippen LogP contribution in [0.5, 0.6) is 5.75 Å². The van der Waals surface area contributed by atoms with Crippen molar-refractivity contribution < 1.29 is 37.8 Å². The molecule has 13 heteroatoms. The van der Waals surface area contributed by atoms with Gasteiger partial charge in [-0.25, -0.2) is 4.79 Å². The predicted octanol–water partition coefficient (Wildman–Crippen LogP) is 2.34. The number of halogens is 2. The summed E-state index contributed by atoms with van der Waals surface area (Å²) < 4.78 is 30.9. The summed E-state index contributed by atoms with van der Waals surface area (Å²) in [6, 6.07) is 6.33. The van der Waals surface area contributed by atoms with Crippen LogP contribution < -0.4 is 10.5 Å². The van der Waals surface area contributed by atoms with Crippen molar-refractivity contribution in [1.29, 1.82) is 0 Å². The van der Waals surface area contributed by atoms with E-state index in [0.29, 0.717) is 22.9 Å². The van der Waals surface area contributed by atoms with Gasteiger partial charge in [-0.3, -0.25) is 24.0 Å². The number of hydrogen-bond donors (Lipinski definition) is 2. The molecule has 2 saturated carbocycles. The first-order chi connectivity index (χ1) is 19.0. The topological polar surface area (TPSA) is 158 Å². The third kappa shape index (κ3) is 3.59. The molecule has 2 aliphatic carbocycles. The maximum absolute atomic E-state index is 13.9. The summed E-state index contributed by atoms with van der Waals surface area (Å²) in [7, 11) is 0. The molecule has 6 rings (SSSR count). The van der Waals surface area contributed by atoms with Crippen LogP contribution in [0.15, 0.2) is 42.7 Å². The van der Waals surface area contributed by atoms with Gasteiger partial charge in [-0.05, 0) is 48.9 Å². The number of carbonyl (C=O) groups is 4. The van der Waals surface area contributed by atoms with Crippen molar-refractivity contribution in [2.24, 2.45) is 17.1 Å². The quantitative estimate of drug-likeness (QED) is 0.382. The summed E-state index contributed by atoms with van der Waals surface area (Å²) in [4.78, 5) is 56.9. The number of fused-ring (bicyclic) bond motifs is 2. The highest BCUT2D eigenvalue weighted by Crippen LogP contribution is 2.78. The van der Waals surface area contributed by atoms with Gasteiger partial charge in [-0.1, -0.05) is 12.1 Å². The number of likely N-dealkylation sites (tertiary alicyclic amines) is 1. The van der Waals surface area contributed by atoms with Gasteiger partial charge in [0, 0.05) is 24.4 Å². The van der Waals surface area contributed by atoms with Gasteiger partial charge in [0.2, 0.25) is 11.8 Å². The molecule has 1 aliphatic heterocycles. The van der Waals surface area contributed by atoms with Crippen molar-refractivity contribution in [3.8, 4) is 5.75 Å². The molecule has 5 atom stereocenters. The molecule has 0 radical (unpaired) electrons. The van der Waals surface area contributed by atoms with Gasteiger partial charge in [0.25, 0.3) is 0 Å². The van der Waals surface area contributed by atoms with E-state index in [9.17, 15) is 33.1 Å². The molecule has 40 heavy (non-hydrogen) atoms. The Morgan fingerprint density at radius 2 is 1.90 bits per heavy atom. The van der Waals surface area contributed by atoms with E-state index in [1.54, 1.807) is 18.2 Å². The van der Waals surface area contributed by atoms with Crippen molar-refractivity contribution in [1.82, 2.24) is 19.7 Å². The maximum atomic E-state index is 13.9. The van der Waals surface area contributed by atoms with Crippen molar-refractivity contribution in [3.05, 3.63) is 54.0 Å². The van der Waals surface area contributed by atoms with Gasteiger partial charge < -0.3 is 20.5 Å². The van der Waals surface area contributed by atoms with Crippen LogP contribution in [0.25, 0.3) is 10.9 Å². The summed E-state index contributed by atoms with van der Waals surface area (Å²) in [6.45, 7) is -2.00. The number of alkyl halides is 2. The van der Waals surface area contributed by atoms with Gasteiger partial charge in [-0.15, -0.1) is 0 Å². The van der Waals surface area contributed by atoms with Crippen LogP contribution in [0, 0.1) is 11.3 Å². The van der Waals surface area contributed by atoms with Gasteiger partial charge in [0.1, 0.15) is 24.0 Å². The van der Waals surface area contributed by atoms with E-state index in [-0.39, 0.29) is 42.5 Å². The molecule has 208 valence electrons. The molecule has 1 saturated heterocycles. The van der Waals surface area contributed by atoms with Crippen molar-refractivity contribution in [2.45, 2.75) is 56.8 Å². The third-order valence-electron chi connectivity index (χ3n) is 8.73. The predicted molar refractivity (Wildman–Crippen MR) is 133 cm³/mol. The normalized spacial score (nSPS) is 28.4. The Morgan fingerprint density at radius 1 is 1.18 bits per heavy atom. The number of primary amides is 1. The van der Waals surface area contributed by atoms with Crippen LogP contribution in [0.4, 0.5) is 8.78 Å². The van der Waals surface area contributed by atoms with Crippen LogP contribution in [0.2, 0.25) is 0 Å². The van der Waals surface area contributed by atoms with E-state index < -0.39 is 47.3 Å².